The molecule has 0 aliphatic heterocycles. The van der Waals surface area contributed by atoms with Gasteiger partial charge in [-0.15, -0.1) is 11.3 Å². The Bertz CT molecular complexity index is 683. The van der Waals surface area contributed by atoms with E-state index in [1.54, 1.807) is 6.92 Å². The second-order valence-electron chi connectivity index (χ2n) is 4.36. The molecule has 0 atom stereocenters. The normalized spacial score (nSPS) is 10.7. The molecule has 2 aromatic rings. The maximum absolute atomic E-state index is 13.4. The highest BCUT2D eigenvalue weighted by Gasteiger charge is 2.22. The molecule has 0 saturated heterocycles. The number of ether oxygens (including phenoxy) is 1. The molecule has 0 radical (unpaired) electrons. The first-order chi connectivity index (χ1) is 9.99. The number of esters is 1. The Balaban J connectivity index is 2.55. The van der Waals surface area contributed by atoms with Crippen LogP contribution >= 0.6 is 11.3 Å². The summed E-state index contributed by atoms with van der Waals surface area (Å²) < 4.78 is 31.4. The lowest BCUT2D eigenvalue weighted by Gasteiger charge is -2.03. The molecule has 0 saturated carbocycles. The second kappa shape index (κ2) is 6.22. The lowest BCUT2D eigenvalue weighted by atomic mass is 10.1. The first-order valence-electron chi connectivity index (χ1n) is 6.53. The van der Waals surface area contributed by atoms with Crippen molar-refractivity contribution in [3.05, 3.63) is 40.3 Å². The van der Waals surface area contributed by atoms with Crippen molar-refractivity contribution >= 4 is 23.0 Å². The molecule has 0 aliphatic rings. The van der Waals surface area contributed by atoms with Crippen molar-refractivity contribution in [1.29, 1.82) is 0 Å². The summed E-state index contributed by atoms with van der Waals surface area (Å²) in [4.78, 5) is 12.8. The summed E-state index contributed by atoms with van der Waals surface area (Å²) in [6.07, 6.45) is 0.579. The molecule has 0 spiro atoms. The molecule has 21 heavy (non-hydrogen) atoms. The van der Waals surface area contributed by atoms with E-state index in [4.69, 9.17) is 10.5 Å². The van der Waals surface area contributed by atoms with Crippen LogP contribution in [0.15, 0.2) is 18.2 Å². The molecular formula is C15H15F2NO2S. The number of rotatable bonds is 4. The van der Waals surface area contributed by atoms with Gasteiger partial charge in [0.25, 0.3) is 0 Å². The zero-order valence-electron chi connectivity index (χ0n) is 11.7. The number of anilines is 1. The maximum Gasteiger partial charge on any atom is 0.350 e. The Kier molecular flexibility index (Phi) is 4.57. The SMILES string of the molecule is CCOC(=O)c1sc(-c2ccc(F)c(F)c2)c(CC)c1N. The van der Waals surface area contributed by atoms with Gasteiger partial charge in [0.15, 0.2) is 11.6 Å². The standard InChI is InChI=1S/C15H15F2NO2S/c1-3-9-12(18)14(15(19)20-4-2)21-13(9)8-5-6-10(16)11(17)7-8/h5-7H,3-4,18H2,1-2H3. The van der Waals surface area contributed by atoms with Gasteiger partial charge < -0.3 is 10.5 Å². The molecular weight excluding hydrogens is 296 g/mol. The van der Waals surface area contributed by atoms with Gasteiger partial charge in [0.05, 0.1) is 12.3 Å². The van der Waals surface area contributed by atoms with E-state index in [-0.39, 0.29) is 6.61 Å². The largest absolute Gasteiger partial charge is 0.462 e. The van der Waals surface area contributed by atoms with Gasteiger partial charge in [-0.05, 0) is 36.6 Å². The monoisotopic (exact) mass is 311 g/mol. The van der Waals surface area contributed by atoms with Crippen LogP contribution < -0.4 is 5.73 Å². The van der Waals surface area contributed by atoms with Crippen molar-refractivity contribution in [2.75, 3.05) is 12.3 Å². The Morgan fingerprint density at radius 2 is 2.00 bits per heavy atom. The van der Waals surface area contributed by atoms with Crippen molar-refractivity contribution in [1.82, 2.24) is 0 Å². The molecule has 0 unspecified atom stereocenters. The molecule has 2 N–H and O–H groups in total. The summed E-state index contributed by atoms with van der Waals surface area (Å²) in [5.74, 6) is -2.34. The molecule has 112 valence electrons. The molecule has 1 heterocycles. The third kappa shape index (κ3) is 2.90. The number of carbonyl (C=O) groups excluding carboxylic acids is 1. The van der Waals surface area contributed by atoms with Crippen molar-refractivity contribution in [3.8, 4) is 10.4 Å². The number of thiophene rings is 1. The van der Waals surface area contributed by atoms with E-state index in [9.17, 15) is 13.6 Å². The number of nitrogen functional groups attached to an aromatic ring is 1. The molecule has 1 aromatic heterocycles. The number of carbonyl (C=O) groups is 1. The van der Waals surface area contributed by atoms with Gasteiger partial charge in [-0.25, -0.2) is 13.6 Å². The van der Waals surface area contributed by atoms with Crippen LogP contribution in [-0.4, -0.2) is 12.6 Å². The topological polar surface area (TPSA) is 52.3 Å². The van der Waals surface area contributed by atoms with Crippen LogP contribution in [-0.2, 0) is 11.2 Å². The minimum Gasteiger partial charge on any atom is -0.462 e. The molecule has 0 bridgehead atoms. The second-order valence-corrected chi connectivity index (χ2v) is 5.38. The van der Waals surface area contributed by atoms with Crippen LogP contribution in [0, 0.1) is 11.6 Å². The number of hydrogen-bond acceptors (Lipinski definition) is 4. The van der Waals surface area contributed by atoms with Gasteiger partial charge in [0, 0.05) is 4.88 Å². The van der Waals surface area contributed by atoms with Gasteiger partial charge in [-0.2, -0.15) is 0 Å². The predicted octanol–water partition coefficient (Wildman–Crippen LogP) is 4.01. The van der Waals surface area contributed by atoms with E-state index in [2.05, 4.69) is 0 Å². The highest BCUT2D eigenvalue weighted by atomic mass is 32.1. The fourth-order valence-electron chi connectivity index (χ4n) is 2.05. The van der Waals surface area contributed by atoms with Crippen molar-refractivity contribution in [2.45, 2.75) is 20.3 Å². The lowest BCUT2D eigenvalue weighted by molar-refractivity contribution is 0.0533. The van der Waals surface area contributed by atoms with Crippen molar-refractivity contribution < 1.29 is 18.3 Å². The first kappa shape index (κ1) is 15.4. The van der Waals surface area contributed by atoms with Crippen LogP contribution in [0.1, 0.15) is 29.1 Å². The molecule has 0 fully saturated rings. The van der Waals surface area contributed by atoms with Gasteiger partial charge in [0.1, 0.15) is 4.88 Å². The average molecular weight is 311 g/mol. The number of hydrogen-bond donors (Lipinski definition) is 1. The molecule has 0 aliphatic carbocycles. The predicted molar refractivity (Wildman–Crippen MR) is 79.4 cm³/mol. The molecule has 1 aromatic carbocycles. The van der Waals surface area contributed by atoms with Crippen LogP contribution in [0.2, 0.25) is 0 Å². The van der Waals surface area contributed by atoms with Gasteiger partial charge >= 0.3 is 5.97 Å². The Morgan fingerprint density at radius 3 is 2.57 bits per heavy atom. The zero-order valence-corrected chi connectivity index (χ0v) is 12.5. The zero-order chi connectivity index (χ0) is 15.6. The fraction of sp³-hybridized carbons (Fsp3) is 0.267. The van der Waals surface area contributed by atoms with Crippen LogP contribution in [0.5, 0.6) is 0 Å². The van der Waals surface area contributed by atoms with Gasteiger partial charge in [-0.1, -0.05) is 13.0 Å². The quantitative estimate of drug-likeness (QED) is 0.868. The summed E-state index contributed by atoms with van der Waals surface area (Å²) in [6.45, 7) is 3.84. The fourth-order valence-corrected chi connectivity index (χ4v) is 3.25. The molecule has 6 heteroatoms. The van der Waals surface area contributed by atoms with E-state index in [1.165, 1.54) is 6.07 Å². The average Bonchev–Trinajstić information content (AvgIpc) is 2.79. The Labute approximate surface area is 125 Å². The number of halogens is 2. The van der Waals surface area contributed by atoms with E-state index in [0.29, 0.717) is 27.4 Å². The van der Waals surface area contributed by atoms with Gasteiger partial charge in [0.2, 0.25) is 0 Å². The summed E-state index contributed by atoms with van der Waals surface area (Å²) in [6, 6.07) is 3.64. The third-order valence-electron chi connectivity index (χ3n) is 3.04. The van der Waals surface area contributed by atoms with E-state index >= 15 is 0 Å². The highest BCUT2D eigenvalue weighted by molar-refractivity contribution is 7.18. The highest BCUT2D eigenvalue weighted by Crippen LogP contribution is 2.39. The van der Waals surface area contributed by atoms with E-state index < -0.39 is 17.6 Å². The first-order valence-corrected chi connectivity index (χ1v) is 7.34. The molecule has 0 amide bonds. The maximum atomic E-state index is 13.4. The summed E-state index contributed by atoms with van der Waals surface area (Å²) in [5.41, 5.74) is 7.58. The summed E-state index contributed by atoms with van der Waals surface area (Å²) in [5, 5.41) is 0. The van der Waals surface area contributed by atoms with Gasteiger partial charge in [-0.3, -0.25) is 0 Å². The van der Waals surface area contributed by atoms with Crippen LogP contribution in [0.3, 0.4) is 0 Å². The van der Waals surface area contributed by atoms with E-state index in [1.807, 2.05) is 6.92 Å². The van der Waals surface area contributed by atoms with Crippen LogP contribution in [0.25, 0.3) is 10.4 Å². The summed E-state index contributed by atoms with van der Waals surface area (Å²) in [7, 11) is 0. The Morgan fingerprint density at radius 1 is 1.29 bits per heavy atom. The smallest absolute Gasteiger partial charge is 0.350 e. The number of benzene rings is 1. The minimum absolute atomic E-state index is 0.248. The summed E-state index contributed by atoms with van der Waals surface area (Å²) >= 11 is 1.14. The minimum atomic E-state index is -0.931. The van der Waals surface area contributed by atoms with Crippen LogP contribution in [0.4, 0.5) is 14.5 Å². The Hall–Kier alpha value is -1.95. The molecule has 2 rings (SSSR count). The van der Waals surface area contributed by atoms with Crippen molar-refractivity contribution in [2.24, 2.45) is 0 Å². The van der Waals surface area contributed by atoms with E-state index in [0.717, 1.165) is 29.0 Å². The number of nitrogens with two attached hydrogens (primary N) is 1. The van der Waals surface area contributed by atoms with Crippen molar-refractivity contribution in [3.63, 3.8) is 0 Å². The molecule has 3 nitrogen and oxygen atoms in total. The third-order valence-corrected chi connectivity index (χ3v) is 4.32. The lowest BCUT2D eigenvalue weighted by Crippen LogP contribution is -2.05.